The zero-order chi connectivity index (χ0) is 11.0. The summed E-state index contributed by atoms with van der Waals surface area (Å²) in [6.07, 6.45) is 3.33. The van der Waals surface area contributed by atoms with E-state index in [9.17, 15) is 0 Å². The highest BCUT2D eigenvalue weighted by molar-refractivity contribution is 7.13. The van der Waals surface area contributed by atoms with Crippen molar-refractivity contribution in [3.8, 4) is 11.3 Å². The summed E-state index contributed by atoms with van der Waals surface area (Å²) in [5.74, 6) is 0.480. The second-order valence-electron chi connectivity index (χ2n) is 3.41. The van der Waals surface area contributed by atoms with Gasteiger partial charge >= 0.3 is 0 Å². The Labute approximate surface area is 96.0 Å². The third-order valence-electron chi connectivity index (χ3n) is 2.34. The Balaban J connectivity index is 2.18. The van der Waals surface area contributed by atoms with E-state index < -0.39 is 0 Å². The highest BCUT2D eigenvalue weighted by atomic mass is 32.1. The van der Waals surface area contributed by atoms with Crippen molar-refractivity contribution in [2.24, 2.45) is 0 Å². The van der Waals surface area contributed by atoms with Crippen LogP contribution in [0.2, 0.25) is 0 Å². The number of nitrogens with zero attached hydrogens (tertiary/aromatic N) is 3. The summed E-state index contributed by atoms with van der Waals surface area (Å²) in [5, 5.41) is 1.12. The van der Waals surface area contributed by atoms with Gasteiger partial charge in [0.2, 0.25) is 0 Å². The maximum atomic E-state index is 5.63. The van der Waals surface area contributed by atoms with Gasteiger partial charge in [-0.15, -0.1) is 0 Å². The summed E-state index contributed by atoms with van der Waals surface area (Å²) in [4.78, 5) is 8.07. The van der Waals surface area contributed by atoms with E-state index in [0.717, 1.165) is 16.6 Å². The lowest BCUT2D eigenvalue weighted by Gasteiger charge is -2.00. The largest absolute Gasteiger partial charge is 0.384 e. The predicted octanol–water partition coefficient (Wildman–Crippen LogP) is 2.34. The van der Waals surface area contributed by atoms with Gasteiger partial charge in [0.25, 0.3) is 0 Å². The van der Waals surface area contributed by atoms with E-state index in [1.807, 2.05) is 18.3 Å². The average Bonchev–Trinajstić information content (AvgIpc) is 2.75. The number of anilines is 1. The first-order valence-electron chi connectivity index (χ1n) is 4.75. The van der Waals surface area contributed by atoms with E-state index >= 15 is 0 Å². The normalized spacial score (nSPS) is 10.8. The molecule has 78 valence electrons. The first-order chi connectivity index (χ1) is 7.83. The number of fused-ring (bicyclic) bond motifs is 1. The van der Waals surface area contributed by atoms with Gasteiger partial charge in [0.1, 0.15) is 12.1 Å². The Hall–Kier alpha value is -2.01. The Kier molecular flexibility index (Phi) is 2.04. The molecule has 5 heteroatoms. The van der Waals surface area contributed by atoms with Crippen molar-refractivity contribution >= 4 is 27.4 Å². The van der Waals surface area contributed by atoms with Crippen LogP contribution in [0.25, 0.3) is 21.3 Å². The molecule has 2 heterocycles. The van der Waals surface area contributed by atoms with Crippen molar-refractivity contribution in [1.29, 1.82) is 0 Å². The van der Waals surface area contributed by atoms with Crippen LogP contribution in [0, 0.1) is 0 Å². The molecule has 2 aromatic heterocycles. The van der Waals surface area contributed by atoms with Crippen LogP contribution >= 0.6 is 11.5 Å². The summed E-state index contributed by atoms with van der Waals surface area (Å²) < 4.78 is 5.31. The fraction of sp³-hybridized carbons (Fsp3) is 0. The van der Waals surface area contributed by atoms with Crippen molar-refractivity contribution < 1.29 is 0 Å². The molecule has 0 aliphatic carbocycles. The Morgan fingerprint density at radius 3 is 2.94 bits per heavy atom. The average molecular weight is 228 g/mol. The van der Waals surface area contributed by atoms with Crippen molar-refractivity contribution in [3.05, 3.63) is 36.8 Å². The lowest BCUT2D eigenvalue weighted by Crippen LogP contribution is -1.92. The van der Waals surface area contributed by atoms with Crippen LogP contribution in [0.1, 0.15) is 0 Å². The van der Waals surface area contributed by atoms with Crippen LogP contribution < -0.4 is 5.73 Å². The molecule has 0 radical (unpaired) electrons. The standard InChI is InChI=1S/C11H8N4S/c12-11-4-9(13-6-14-11)7-1-2-10-8(3-7)5-15-16-10/h1-6H,(H2,12,13,14). The molecule has 0 spiro atoms. The Morgan fingerprint density at radius 2 is 2.06 bits per heavy atom. The summed E-state index contributed by atoms with van der Waals surface area (Å²) in [6.45, 7) is 0. The number of rotatable bonds is 1. The molecule has 2 N–H and O–H groups in total. The quantitative estimate of drug-likeness (QED) is 0.694. The van der Waals surface area contributed by atoms with Gasteiger partial charge in [-0.1, -0.05) is 6.07 Å². The van der Waals surface area contributed by atoms with E-state index in [1.54, 1.807) is 6.07 Å². The first kappa shape index (κ1) is 9.23. The van der Waals surface area contributed by atoms with Gasteiger partial charge in [0.05, 0.1) is 10.4 Å². The zero-order valence-corrected chi connectivity index (χ0v) is 9.11. The summed E-state index contributed by atoms with van der Waals surface area (Å²) in [5.41, 5.74) is 7.49. The van der Waals surface area contributed by atoms with E-state index in [2.05, 4.69) is 20.4 Å². The van der Waals surface area contributed by atoms with Crippen molar-refractivity contribution in [2.45, 2.75) is 0 Å². The molecule has 16 heavy (non-hydrogen) atoms. The number of benzene rings is 1. The van der Waals surface area contributed by atoms with E-state index in [-0.39, 0.29) is 0 Å². The number of nitrogens with two attached hydrogens (primary N) is 1. The molecule has 0 aliphatic rings. The van der Waals surface area contributed by atoms with Crippen molar-refractivity contribution in [1.82, 2.24) is 14.3 Å². The molecule has 0 bridgehead atoms. The van der Waals surface area contributed by atoms with E-state index in [1.165, 1.54) is 22.6 Å². The SMILES string of the molecule is Nc1cc(-c2ccc3sncc3c2)ncn1. The molecular formula is C11H8N4S. The monoisotopic (exact) mass is 228 g/mol. The fourth-order valence-electron chi connectivity index (χ4n) is 1.56. The highest BCUT2D eigenvalue weighted by Crippen LogP contribution is 2.25. The summed E-state index contributed by atoms with van der Waals surface area (Å²) in [6, 6.07) is 7.88. The lowest BCUT2D eigenvalue weighted by molar-refractivity contribution is 1.18. The van der Waals surface area contributed by atoms with Gasteiger partial charge in [-0.25, -0.2) is 9.97 Å². The fourth-order valence-corrected chi connectivity index (χ4v) is 2.19. The number of hydrogen-bond acceptors (Lipinski definition) is 5. The second kappa shape index (κ2) is 3.53. The summed E-state index contributed by atoms with van der Waals surface area (Å²) >= 11 is 1.49. The zero-order valence-electron chi connectivity index (χ0n) is 8.29. The molecule has 0 atom stereocenters. The van der Waals surface area contributed by atoms with E-state index in [4.69, 9.17) is 5.73 Å². The molecule has 3 aromatic rings. The smallest absolute Gasteiger partial charge is 0.127 e. The maximum absolute atomic E-state index is 5.63. The Morgan fingerprint density at radius 1 is 1.12 bits per heavy atom. The van der Waals surface area contributed by atoms with Crippen molar-refractivity contribution in [2.75, 3.05) is 5.73 Å². The molecule has 0 amide bonds. The lowest BCUT2D eigenvalue weighted by atomic mass is 10.1. The highest BCUT2D eigenvalue weighted by Gasteiger charge is 2.02. The third-order valence-corrected chi connectivity index (χ3v) is 3.12. The number of aromatic nitrogens is 3. The predicted molar refractivity (Wildman–Crippen MR) is 65.1 cm³/mol. The van der Waals surface area contributed by atoms with Crippen LogP contribution in [0.3, 0.4) is 0 Å². The van der Waals surface area contributed by atoms with Crippen LogP contribution in [0.15, 0.2) is 36.8 Å². The van der Waals surface area contributed by atoms with Crippen LogP contribution in [-0.4, -0.2) is 14.3 Å². The Bertz CT molecular complexity index is 647. The molecule has 0 saturated heterocycles. The minimum atomic E-state index is 0.480. The van der Waals surface area contributed by atoms with Crippen LogP contribution in [0.4, 0.5) is 5.82 Å². The van der Waals surface area contributed by atoms with Gasteiger partial charge in [-0.2, -0.15) is 4.37 Å². The molecule has 0 aliphatic heterocycles. The third kappa shape index (κ3) is 1.51. The maximum Gasteiger partial charge on any atom is 0.127 e. The van der Waals surface area contributed by atoms with Gasteiger partial charge in [0.15, 0.2) is 0 Å². The van der Waals surface area contributed by atoms with Crippen LogP contribution in [-0.2, 0) is 0 Å². The molecule has 3 rings (SSSR count). The van der Waals surface area contributed by atoms with E-state index in [0.29, 0.717) is 5.82 Å². The second-order valence-corrected chi connectivity index (χ2v) is 4.24. The molecule has 0 saturated carbocycles. The molecule has 1 aromatic carbocycles. The number of nitrogen functional groups attached to an aromatic ring is 1. The minimum Gasteiger partial charge on any atom is -0.384 e. The first-order valence-corrected chi connectivity index (χ1v) is 5.52. The molecule has 4 nitrogen and oxygen atoms in total. The molecular weight excluding hydrogens is 220 g/mol. The summed E-state index contributed by atoms with van der Waals surface area (Å²) in [7, 11) is 0. The molecule has 0 fully saturated rings. The minimum absolute atomic E-state index is 0.480. The number of hydrogen-bond donors (Lipinski definition) is 1. The van der Waals surface area contributed by atoms with Crippen LogP contribution in [0.5, 0.6) is 0 Å². The van der Waals surface area contributed by atoms with Gasteiger partial charge in [-0.05, 0) is 23.7 Å². The van der Waals surface area contributed by atoms with Gasteiger partial charge < -0.3 is 5.73 Å². The van der Waals surface area contributed by atoms with Crippen molar-refractivity contribution in [3.63, 3.8) is 0 Å². The molecule has 0 unspecified atom stereocenters. The topological polar surface area (TPSA) is 64.7 Å². The van der Waals surface area contributed by atoms with Gasteiger partial charge in [0, 0.05) is 23.2 Å². The van der Waals surface area contributed by atoms with Gasteiger partial charge in [-0.3, -0.25) is 0 Å².